The first-order valence-corrected chi connectivity index (χ1v) is 7.58. The number of nitrogens with one attached hydrogen (secondary N) is 2. The molecule has 2 aromatic rings. The third kappa shape index (κ3) is 3.58. The molecular formula is C18H21N3O. The van der Waals surface area contributed by atoms with E-state index in [1.54, 1.807) is 0 Å². The maximum atomic E-state index is 6.00. The van der Waals surface area contributed by atoms with Crippen LogP contribution in [0.1, 0.15) is 18.1 Å². The molecule has 0 spiro atoms. The van der Waals surface area contributed by atoms with Crippen LogP contribution in [0.2, 0.25) is 0 Å². The van der Waals surface area contributed by atoms with Gasteiger partial charge in [-0.2, -0.15) is 0 Å². The monoisotopic (exact) mass is 295 g/mol. The lowest BCUT2D eigenvalue weighted by Crippen LogP contribution is -2.37. The number of aryl methyl sites for hydroxylation is 1. The third-order valence-corrected chi connectivity index (χ3v) is 3.57. The second kappa shape index (κ2) is 6.52. The highest BCUT2D eigenvalue weighted by Gasteiger charge is 2.12. The molecule has 1 atom stereocenters. The second-order valence-corrected chi connectivity index (χ2v) is 5.61. The highest BCUT2D eigenvalue weighted by atomic mass is 16.5. The van der Waals surface area contributed by atoms with Gasteiger partial charge in [-0.15, -0.1) is 0 Å². The molecule has 114 valence electrons. The minimum atomic E-state index is 0.404. The zero-order valence-electron chi connectivity index (χ0n) is 13.0. The van der Waals surface area contributed by atoms with Crippen LogP contribution in [0.4, 0.5) is 0 Å². The van der Waals surface area contributed by atoms with E-state index in [1.165, 1.54) is 5.56 Å². The Morgan fingerprint density at radius 2 is 1.95 bits per heavy atom. The van der Waals surface area contributed by atoms with Gasteiger partial charge < -0.3 is 15.4 Å². The molecule has 0 aromatic heterocycles. The van der Waals surface area contributed by atoms with E-state index in [-0.39, 0.29) is 0 Å². The molecular weight excluding hydrogens is 274 g/mol. The zero-order valence-corrected chi connectivity index (χ0v) is 13.0. The predicted octanol–water partition coefficient (Wildman–Crippen LogP) is 3.22. The lowest BCUT2D eigenvalue weighted by molar-refractivity contribution is 0.475. The molecule has 4 heteroatoms. The number of ether oxygens (including phenoxy) is 1. The largest absolute Gasteiger partial charge is 0.457 e. The summed E-state index contributed by atoms with van der Waals surface area (Å²) in [5.74, 6) is 2.58. The molecule has 0 saturated carbocycles. The Bertz CT molecular complexity index is 664. The molecule has 1 aliphatic heterocycles. The molecule has 2 aromatic carbocycles. The summed E-state index contributed by atoms with van der Waals surface area (Å²) in [6.45, 7) is 5.69. The second-order valence-electron chi connectivity index (χ2n) is 5.61. The molecule has 0 radical (unpaired) electrons. The SMILES string of the molecule is Cc1ccc(Oc2ccccc2CNC2=NCC(C)N2)cc1. The standard InChI is InChI=1S/C18H21N3O/c1-13-7-9-16(10-8-13)22-17-6-4-3-5-15(17)12-20-18-19-11-14(2)21-18/h3-10,14H,11-12H2,1-2H3,(H2,19,20,21). The van der Waals surface area contributed by atoms with E-state index in [9.17, 15) is 0 Å². The van der Waals surface area contributed by atoms with Gasteiger partial charge in [0.2, 0.25) is 0 Å². The molecule has 0 aliphatic carbocycles. The van der Waals surface area contributed by atoms with Crippen LogP contribution < -0.4 is 15.4 Å². The Morgan fingerprint density at radius 3 is 2.68 bits per heavy atom. The van der Waals surface area contributed by atoms with Crippen molar-refractivity contribution < 1.29 is 4.74 Å². The molecule has 2 N–H and O–H groups in total. The average molecular weight is 295 g/mol. The van der Waals surface area contributed by atoms with Gasteiger partial charge in [-0.1, -0.05) is 35.9 Å². The fourth-order valence-electron chi connectivity index (χ4n) is 2.32. The molecule has 4 nitrogen and oxygen atoms in total. The number of hydrogen-bond acceptors (Lipinski definition) is 4. The number of guanidine groups is 1. The highest BCUT2D eigenvalue weighted by molar-refractivity contribution is 5.81. The molecule has 1 aliphatic rings. The molecule has 3 rings (SSSR count). The topological polar surface area (TPSA) is 45.6 Å². The van der Waals surface area contributed by atoms with Crippen LogP contribution in [0, 0.1) is 6.92 Å². The fraction of sp³-hybridized carbons (Fsp3) is 0.278. The minimum absolute atomic E-state index is 0.404. The van der Waals surface area contributed by atoms with E-state index in [0.29, 0.717) is 12.6 Å². The smallest absolute Gasteiger partial charge is 0.191 e. The number of nitrogens with zero attached hydrogens (tertiary/aromatic N) is 1. The summed E-state index contributed by atoms with van der Waals surface area (Å²) < 4.78 is 6.00. The molecule has 0 fully saturated rings. The average Bonchev–Trinajstić information content (AvgIpc) is 2.94. The van der Waals surface area contributed by atoms with Gasteiger partial charge in [0.25, 0.3) is 0 Å². The van der Waals surface area contributed by atoms with Crippen molar-refractivity contribution in [3.8, 4) is 11.5 Å². The van der Waals surface area contributed by atoms with Crippen LogP contribution in [-0.2, 0) is 6.54 Å². The van der Waals surface area contributed by atoms with E-state index in [4.69, 9.17) is 4.74 Å². The van der Waals surface area contributed by atoms with Gasteiger partial charge in [-0.25, -0.2) is 0 Å². The van der Waals surface area contributed by atoms with Gasteiger partial charge in [0.15, 0.2) is 5.96 Å². The molecule has 0 saturated heterocycles. The Morgan fingerprint density at radius 1 is 1.18 bits per heavy atom. The van der Waals surface area contributed by atoms with Crippen molar-refractivity contribution in [1.29, 1.82) is 0 Å². The lowest BCUT2D eigenvalue weighted by Gasteiger charge is -2.13. The van der Waals surface area contributed by atoms with Crippen molar-refractivity contribution in [1.82, 2.24) is 10.6 Å². The Kier molecular flexibility index (Phi) is 4.28. The van der Waals surface area contributed by atoms with Crippen molar-refractivity contribution >= 4 is 5.96 Å². The van der Waals surface area contributed by atoms with Gasteiger partial charge >= 0.3 is 0 Å². The lowest BCUT2D eigenvalue weighted by atomic mass is 10.2. The first-order chi connectivity index (χ1) is 10.7. The van der Waals surface area contributed by atoms with Crippen molar-refractivity contribution in [2.45, 2.75) is 26.4 Å². The van der Waals surface area contributed by atoms with E-state index in [0.717, 1.165) is 29.6 Å². The summed E-state index contributed by atoms with van der Waals surface area (Å²) in [6.07, 6.45) is 0. The number of hydrogen-bond donors (Lipinski definition) is 2. The van der Waals surface area contributed by atoms with Gasteiger partial charge in [0.05, 0.1) is 6.54 Å². The number of rotatable bonds is 4. The molecule has 22 heavy (non-hydrogen) atoms. The number of aliphatic imine (C=N–C) groups is 1. The summed E-state index contributed by atoms with van der Waals surface area (Å²) in [5, 5.41) is 6.62. The Labute approximate surface area is 131 Å². The molecule has 1 heterocycles. The highest BCUT2D eigenvalue weighted by Crippen LogP contribution is 2.25. The van der Waals surface area contributed by atoms with Crippen molar-refractivity contribution in [2.75, 3.05) is 6.54 Å². The summed E-state index contributed by atoms with van der Waals surface area (Å²) in [4.78, 5) is 4.41. The normalized spacial score (nSPS) is 16.8. The maximum absolute atomic E-state index is 6.00. The molecule has 1 unspecified atom stereocenters. The van der Waals surface area contributed by atoms with E-state index in [1.807, 2.05) is 30.3 Å². The van der Waals surface area contributed by atoms with E-state index in [2.05, 4.69) is 47.7 Å². The van der Waals surface area contributed by atoms with Crippen LogP contribution in [-0.4, -0.2) is 18.5 Å². The van der Waals surface area contributed by atoms with Gasteiger partial charge in [0.1, 0.15) is 11.5 Å². The minimum Gasteiger partial charge on any atom is -0.457 e. The summed E-state index contributed by atoms with van der Waals surface area (Å²) >= 11 is 0. The Balaban J connectivity index is 1.68. The number of para-hydroxylation sites is 1. The van der Waals surface area contributed by atoms with Crippen LogP contribution >= 0.6 is 0 Å². The third-order valence-electron chi connectivity index (χ3n) is 3.57. The van der Waals surface area contributed by atoms with Crippen LogP contribution in [0.5, 0.6) is 11.5 Å². The first kappa shape index (κ1) is 14.4. The van der Waals surface area contributed by atoms with Gasteiger partial charge in [0, 0.05) is 18.2 Å². The van der Waals surface area contributed by atoms with Crippen molar-refractivity contribution in [3.05, 3.63) is 59.7 Å². The molecule has 0 bridgehead atoms. The van der Waals surface area contributed by atoms with Crippen molar-refractivity contribution in [3.63, 3.8) is 0 Å². The summed E-state index contributed by atoms with van der Waals surface area (Å²) in [6, 6.07) is 16.5. The van der Waals surface area contributed by atoms with Gasteiger partial charge in [-0.3, -0.25) is 4.99 Å². The van der Waals surface area contributed by atoms with E-state index >= 15 is 0 Å². The van der Waals surface area contributed by atoms with Crippen molar-refractivity contribution in [2.24, 2.45) is 4.99 Å². The predicted molar refractivity (Wildman–Crippen MR) is 89.4 cm³/mol. The van der Waals surface area contributed by atoms with Crippen LogP contribution in [0.25, 0.3) is 0 Å². The van der Waals surface area contributed by atoms with Crippen LogP contribution in [0.3, 0.4) is 0 Å². The summed E-state index contributed by atoms with van der Waals surface area (Å²) in [7, 11) is 0. The van der Waals surface area contributed by atoms with Gasteiger partial charge in [-0.05, 0) is 32.0 Å². The zero-order chi connectivity index (χ0) is 15.4. The number of benzene rings is 2. The quantitative estimate of drug-likeness (QED) is 0.910. The van der Waals surface area contributed by atoms with E-state index < -0.39 is 0 Å². The molecule has 0 amide bonds. The Hall–Kier alpha value is -2.49. The first-order valence-electron chi connectivity index (χ1n) is 7.58. The summed E-state index contributed by atoms with van der Waals surface area (Å²) in [5.41, 5.74) is 2.33. The van der Waals surface area contributed by atoms with Crippen LogP contribution in [0.15, 0.2) is 53.5 Å². The maximum Gasteiger partial charge on any atom is 0.191 e. The fourth-order valence-corrected chi connectivity index (χ4v) is 2.32.